The number of ketones is 1. The number of anilines is 1. The molecule has 2 aromatic rings. The lowest BCUT2D eigenvalue weighted by Crippen LogP contribution is -2.41. The van der Waals surface area contributed by atoms with E-state index in [1.807, 2.05) is 37.3 Å². The van der Waals surface area contributed by atoms with Crippen LogP contribution < -0.4 is 14.4 Å². The van der Waals surface area contributed by atoms with Gasteiger partial charge in [-0.1, -0.05) is 32.9 Å². The zero-order valence-corrected chi connectivity index (χ0v) is 21.6. The van der Waals surface area contributed by atoms with Crippen LogP contribution in [0.5, 0.6) is 11.5 Å². The molecule has 36 heavy (non-hydrogen) atoms. The minimum Gasteiger partial charge on any atom is -0.493 e. The minimum atomic E-state index is -0.652. The van der Waals surface area contributed by atoms with Gasteiger partial charge in [-0.05, 0) is 67.9 Å². The molecule has 5 rings (SSSR count). The molecular formula is C29H34N2O5. The summed E-state index contributed by atoms with van der Waals surface area (Å²) in [6, 6.07) is 10.5. The Hall–Kier alpha value is -3.35. The summed E-state index contributed by atoms with van der Waals surface area (Å²) in [5, 5.41) is 0. The Labute approximate surface area is 212 Å². The molecule has 1 amide bonds. The molecule has 0 radical (unpaired) electrons. The second kappa shape index (κ2) is 9.60. The predicted molar refractivity (Wildman–Crippen MR) is 136 cm³/mol. The van der Waals surface area contributed by atoms with Crippen LogP contribution in [0.15, 0.2) is 47.7 Å². The molecule has 1 aromatic carbocycles. The molecule has 4 unspecified atom stereocenters. The first kappa shape index (κ1) is 24.3. The first-order valence-corrected chi connectivity index (χ1v) is 12.8. The van der Waals surface area contributed by atoms with Crippen molar-refractivity contribution < 1.29 is 23.8 Å². The minimum absolute atomic E-state index is 0.0143. The number of aryl methyl sites for hydroxylation is 1. The van der Waals surface area contributed by atoms with Crippen molar-refractivity contribution >= 4 is 17.5 Å². The van der Waals surface area contributed by atoms with Crippen LogP contribution in [0, 0.1) is 24.7 Å². The second-order valence-electron chi connectivity index (χ2n) is 10.6. The highest BCUT2D eigenvalue weighted by molar-refractivity contribution is 6.17. The summed E-state index contributed by atoms with van der Waals surface area (Å²) in [4.78, 5) is 34.0. The monoisotopic (exact) mass is 490 g/mol. The molecule has 7 heteroatoms. The Balaban J connectivity index is 1.61. The molecule has 4 atom stereocenters. The number of benzene rings is 1. The second-order valence-corrected chi connectivity index (χ2v) is 10.6. The van der Waals surface area contributed by atoms with Crippen molar-refractivity contribution in [1.82, 2.24) is 4.98 Å². The van der Waals surface area contributed by atoms with Crippen molar-refractivity contribution in [2.45, 2.75) is 59.1 Å². The highest BCUT2D eigenvalue weighted by atomic mass is 16.5. The van der Waals surface area contributed by atoms with Crippen molar-refractivity contribution in [3.05, 3.63) is 59.0 Å². The maximum absolute atomic E-state index is 14.0. The van der Waals surface area contributed by atoms with Crippen LogP contribution in [0.1, 0.15) is 57.3 Å². The summed E-state index contributed by atoms with van der Waals surface area (Å²) >= 11 is 0. The van der Waals surface area contributed by atoms with Gasteiger partial charge in [0.15, 0.2) is 23.0 Å². The van der Waals surface area contributed by atoms with Crippen LogP contribution in [0.4, 0.5) is 5.82 Å². The molecule has 1 fully saturated rings. The van der Waals surface area contributed by atoms with Gasteiger partial charge < -0.3 is 14.2 Å². The fourth-order valence-corrected chi connectivity index (χ4v) is 5.52. The molecule has 0 saturated heterocycles. The van der Waals surface area contributed by atoms with E-state index in [1.165, 1.54) is 0 Å². The molecule has 0 spiro atoms. The van der Waals surface area contributed by atoms with E-state index in [0.29, 0.717) is 41.3 Å². The van der Waals surface area contributed by atoms with Crippen LogP contribution in [-0.4, -0.2) is 36.5 Å². The van der Waals surface area contributed by atoms with Crippen LogP contribution >= 0.6 is 0 Å². The SMILES string of the molecule is COc1cc(C2C3=C(OC4CCC(C)CC4C3=O)C(=O)N2c2cccc(C)n2)ccc1OCC(C)C. The van der Waals surface area contributed by atoms with Crippen LogP contribution in [0.25, 0.3) is 0 Å². The Kier molecular flexibility index (Phi) is 6.49. The number of rotatable bonds is 6. The number of nitrogens with zero attached hydrogens (tertiary/aromatic N) is 2. The van der Waals surface area contributed by atoms with E-state index < -0.39 is 6.04 Å². The quantitative estimate of drug-likeness (QED) is 0.555. The van der Waals surface area contributed by atoms with Crippen molar-refractivity contribution in [3.63, 3.8) is 0 Å². The number of Topliss-reactive ketones (excluding diaryl/α,β-unsaturated/α-hetero) is 1. The van der Waals surface area contributed by atoms with Gasteiger partial charge in [-0.3, -0.25) is 14.5 Å². The van der Waals surface area contributed by atoms with Crippen molar-refractivity contribution in [1.29, 1.82) is 0 Å². The number of ether oxygens (including phenoxy) is 3. The standard InChI is InChI=1S/C29H34N2O5/c1-16(2)15-35-22-12-10-19(14-23(22)34-5)26-25-27(32)20-13-17(3)9-11-21(20)36-28(25)29(33)31(26)24-8-6-7-18(4)30-24/h6-8,10,12,14,16-17,20-21,26H,9,11,13,15H2,1-5H3. The summed E-state index contributed by atoms with van der Waals surface area (Å²) in [5.41, 5.74) is 1.97. The number of hydrogen-bond donors (Lipinski definition) is 0. The van der Waals surface area contributed by atoms with Gasteiger partial charge in [0.05, 0.1) is 31.2 Å². The van der Waals surface area contributed by atoms with Gasteiger partial charge >= 0.3 is 0 Å². The summed E-state index contributed by atoms with van der Waals surface area (Å²) in [7, 11) is 1.59. The van der Waals surface area contributed by atoms with Gasteiger partial charge in [0.25, 0.3) is 5.91 Å². The lowest BCUT2D eigenvalue weighted by molar-refractivity contribution is -0.132. The lowest BCUT2D eigenvalue weighted by atomic mass is 9.74. The number of methoxy groups -OCH3 is 1. The maximum atomic E-state index is 14.0. The number of carbonyl (C=O) groups is 2. The third kappa shape index (κ3) is 4.25. The Morgan fingerprint density at radius 3 is 2.67 bits per heavy atom. The topological polar surface area (TPSA) is 78.0 Å². The van der Waals surface area contributed by atoms with E-state index in [-0.39, 0.29) is 29.5 Å². The van der Waals surface area contributed by atoms with Gasteiger partial charge in [0.2, 0.25) is 0 Å². The molecule has 2 aliphatic heterocycles. The van der Waals surface area contributed by atoms with Crippen molar-refractivity contribution in [3.8, 4) is 11.5 Å². The molecule has 190 valence electrons. The molecule has 3 heterocycles. The molecule has 7 nitrogen and oxygen atoms in total. The summed E-state index contributed by atoms with van der Waals surface area (Å²) in [5.74, 6) is 2.11. The van der Waals surface area contributed by atoms with E-state index in [2.05, 4.69) is 25.8 Å². The molecule has 1 saturated carbocycles. The molecule has 0 bridgehead atoms. The van der Waals surface area contributed by atoms with Crippen LogP contribution in [0.2, 0.25) is 0 Å². The number of carbonyl (C=O) groups excluding carboxylic acids is 2. The highest BCUT2D eigenvalue weighted by Crippen LogP contribution is 2.49. The fraction of sp³-hybridized carbons (Fsp3) is 0.483. The summed E-state index contributed by atoms with van der Waals surface area (Å²) in [6.07, 6.45) is 2.30. The zero-order valence-electron chi connectivity index (χ0n) is 21.6. The van der Waals surface area contributed by atoms with E-state index >= 15 is 0 Å². The largest absolute Gasteiger partial charge is 0.493 e. The zero-order chi connectivity index (χ0) is 25.6. The first-order chi connectivity index (χ1) is 17.3. The number of hydrogen-bond acceptors (Lipinski definition) is 6. The van der Waals surface area contributed by atoms with Crippen LogP contribution in [-0.2, 0) is 14.3 Å². The predicted octanol–water partition coefficient (Wildman–Crippen LogP) is 5.18. The summed E-state index contributed by atoms with van der Waals surface area (Å²) in [6.45, 7) is 8.78. The van der Waals surface area contributed by atoms with E-state index in [4.69, 9.17) is 14.2 Å². The average molecular weight is 491 g/mol. The number of amides is 1. The van der Waals surface area contributed by atoms with Gasteiger partial charge in [0, 0.05) is 5.69 Å². The third-order valence-corrected chi connectivity index (χ3v) is 7.31. The van der Waals surface area contributed by atoms with E-state index in [0.717, 1.165) is 30.5 Å². The van der Waals surface area contributed by atoms with E-state index in [9.17, 15) is 9.59 Å². The fourth-order valence-electron chi connectivity index (χ4n) is 5.52. The molecule has 3 aliphatic rings. The number of fused-ring (bicyclic) bond motifs is 1. The smallest absolute Gasteiger partial charge is 0.295 e. The van der Waals surface area contributed by atoms with E-state index in [1.54, 1.807) is 18.1 Å². The number of pyridine rings is 1. The average Bonchev–Trinajstić information content (AvgIpc) is 3.15. The van der Waals surface area contributed by atoms with Crippen molar-refractivity contribution in [2.24, 2.45) is 17.8 Å². The van der Waals surface area contributed by atoms with Gasteiger partial charge in [-0.25, -0.2) is 4.98 Å². The highest BCUT2D eigenvalue weighted by Gasteiger charge is 2.53. The molecular weight excluding hydrogens is 456 g/mol. The Morgan fingerprint density at radius 1 is 1.14 bits per heavy atom. The third-order valence-electron chi connectivity index (χ3n) is 7.31. The Morgan fingerprint density at radius 2 is 1.94 bits per heavy atom. The van der Waals surface area contributed by atoms with Crippen molar-refractivity contribution in [2.75, 3.05) is 18.6 Å². The normalized spacial score (nSPS) is 25.6. The first-order valence-electron chi connectivity index (χ1n) is 12.8. The lowest BCUT2D eigenvalue weighted by Gasteiger charge is -2.37. The Bertz CT molecular complexity index is 1220. The molecule has 1 aromatic heterocycles. The van der Waals surface area contributed by atoms with Crippen LogP contribution in [0.3, 0.4) is 0 Å². The van der Waals surface area contributed by atoms with Gasteiger partial charge in [-0.15, -0.1) is 0 Å². The summed E-state index contributed by atoms with van der Waals surface area (Å²) < 4.78 is 17.9. The maximum Gasteiger partial charge on any atom is 0.295 e. The molecule has 1 aliphatic carbocycles. The number of aromatic nitrogens is 1. The molecule has 0 N–H and O–H groups in total. The van der Waals surface area contributed by atoms with Gasteiger partial charge in [-0.2, -0.15) is 0 Å². The van der Waals surface area contributed by atoms with Gasteiger partial charge in [0.1, 0.15) is 11.9 Å².